The number of benzene rings is 2. The Morgan fingerprint density at radius 2 is 1.76 bits per heavy atom. The van der Waals surface area contributed by atoms with Gasteiger partial charge in [-0.3, -0.25) is 0 Å². The molecule has 2 rings (SSSR count). The van der Waals surface area contributed by atoms with E-state index in [4.69, 9.17) is 17.3 Å². The first-order valence-corrected chi connectivity index (χ1v) is 6.52. The van der Waals surface area contributed by atoms with Crippen LogP contribution < -0.4 is 5.73 Å². The summed E-state index contributed by atoms with van der Waals surface area (Å²) in [6.07, 6.45) is -4.47. The lowest BCUT2D eigenvalue weighted by Gasteiger charge is -2.18. The smallest absolute Gasteiger partial charge is 0.324 e. The van der Waals surface area contributed by atoms with Crippen LogP contribution in [0, 0.1) is 5.82 Å². The highest BCUT2D eigenvalue weighted by Gasteiger charge is 2.34. The lowest BCUT2D eigenvalue weighted by atomic mass is 9.95. The van der Waals surface area contributed by atoms with Crippen LogP contribution in [0.3, 0.4) is 0 Å². The number of halogens is 5. The van der Waals surface area contributed by atoms with Crippen LogP contribution in [0.25, 0.3) is 0 Å². The van der Waals surface area contributed by atoms with E-state index in [1.807, 2.05) is 0 Å². The van der Waals surface area contributed by atoms with Crippen LogP contribution >= 0.6 is 11.6 Å². The molecule has 0 aliphatic rings. The molecule has 1 atom stereocenters. The Labute approximate surface area is 124 Å². The van der Waals surface area contributed by atoms with E-state index in [1.165, 1.54) is 36.4 Å². The summed E-state index contributed by atoms with van der Waals surface area (Å²) in [4.78, 5) is 0. The Hall–Kier alpha value is -1.59. The Morgan fingerprint density at radius 3 is 2.43 bits per heavy atom. The van der Waals surface area contributed by atoms with Crippen LogP contribution in [-0.4, -0.2) is 0 Å². The van der Waals surface area contributed by atoms with Crippen LogP contribution in [0.4, 0.5) is 17.6 Å². The maximum absolute atomic E-state index is 13.2. The molecule has 0 radical (unpaired) electrons. The molecule has 0 amide bonds. The molecule has 0 fully saturated rings. The van der Waals surface area contributed by atoms with E-state index >= 15 is 0 Å². The van der Waals surface area contributed by atoms with Gasteiger partial charge in [0.05, 0.1) is 5.56 Å². The molecule has 112 valence electrons. The van der Waals surface area contributed by atoms with Gasteiger partial charge in [0, 0.05) is 11.1 Å². The second-order valence-electron chi connectivity index (χ2n) is 4.63. The molecule has 2 aromatic carbocycles. The maximum atomic E-state index is 13.2. The minimum Gasteiger partial charge on any atom is -0.324 e. The summed E-state index contributed by atoms with van der Waals surface area (Å²) < 4.78 is 52.0. The van der Waals surface area contributed by atoms with Gasteiger partial charge in [-0.2, -0.15) is 13.2 Å². The quantitative estimate of drug-likeness (QED) is 0.813. The molecular formula is C15H12ClF4N. The highest BCUT2D eigenvalue weighted by molar-refractivity contribution is 6.31. The number of nitrogens with two attached hydrogens (primary N) is 1. The molecular weight excluding hydrogens is 306 g/mol. The molecule has 2 N–H and O–H groups in total. The van der Waals surface area contributed by atoms with Gasteiger partial charge in [0.15, 0.2) is 0 Å². The zero-order valence-corrected chi connectivity index (χ0v) is 11.5. The van der Waals surface area contributed by atoms with E-state index in [9.17, 15) is 17.6 Å². The van der Waals surface area contributed by atoms with Crippen molar-refractivity contribution in [3.63, 3.8) is 0 Å². The average Bonchev–Trinajstić information content (AvgIpc) is 2.42. The number of hydrogen-bond acceptors (Lipinski definition) is 1. The maximum Gasteiger partial charge on any atom is 0.416 e. The molecule has 6 heteroatoms. The Bertz CT molecular complexity index is 640. The first-order valence-electron chi connectivity index (χ1n) is 6.14. The molecule has 0 aliphatic heterocycles. The molecule has 2 aromatic rings. The van der Waals surface area contributed by atoms with Crippen molar-refractivity contribution in [1.82, 2.24) is 0 Å². The molecule has 1 nitrogen and oxygen atoms in total. The normalized spacial score (nSPS) is 13.2. The zero-order valence-electron chi connectivity index (χ0n) is 10.8. The van der Waals surface area contributed by atoms with Crippen molar-refractivity contribution < 1.29 is 17.6 Å². The fourth-order valence-corrected chi connectivity index (χ4v) is 2.32. The topological polar surface area (TPSA) is 26.0 Å². The summed E-state index contributed by atoms with van der Waals surface area (Å²) in [6.45, 7) is 0. The van der Waals surface area contributed by atoms with E-state index in [0.29, 0.717) is 5.56 Å². The monoisotopic (exact) mass is 317 g/mol. The molecule has 0 bridgehead atoms. The van der Waals surface area contributed by atoms with E-state index < -0.39 is 23.6 Å². The van der Waals surface area contributed by atoms with Gasteiger partial charge in [-0.05, 0) is 41.8 Å². The van der Waals surface area contributed by atoms with Gasteiger partial charge in [-0.25, -0.2) is 4.39 Å². The van der Waals surface area contributed by atoms with Gasteiger partial charge in [0.1, 0.15) is 5.82 Å². The number of hydrogen-bond donors (Lipinski definition) is 1. The number of rotatable bonds is 3. The average molecular weight is 318 g/mol. The van der Waals surface area contributed by atoms with Gasteiger partial charge in [0.25, 0.3) is 0 Å². The van der Waals surface area contributed by atoms with Gasteiger partial charge in [-0.15, -0.1) is 0 Å². The third kappa shape index (κ3) is 3.74. The minimum absolute atomic E-state index is 0.0175. The van der Waals surface area contributed by atoms with E-state index in [-0.39, 0.29) is 17.0 Å². The molecule has 0 heterocycles. The molecule has 0 aliphatic carbocycles. The summed E-state index contributed by atoms with van der Waals surface area (Å²) in [6, 6.07) is 7.87. The van der Waals surface area contributed by atoms with Gasteiger partial charge >= 0.3 is 6.18 Å². The summed E-state index contributed by atoms with van der Waals surface area (Å²) in [5.74, 6) is -0.509. The van der Waals surface area contributed by atoms with Crippen LogP contribution in [0.1, 0.15) is 22.7 Å². The summed E-state index contributed by atoms with van der Waals surface area (Å²) in [5, 5.41) is 0.274. The van der Waals surface area contributed by atoms with Crippen LogP contribution in [0.2, 0.25) is 5.02 Å². The predicted octanol–water partition coefficient (Wildman–Crippen LogP) is 4.74. The van der Waals surface area contributed by atoms with Crippen molar-refractivity contribution in [2.75, 3.05) is 0 Å². The predicted molar refractivity (Wildman–Crippen MR) is 73.5 cm³/mol. The third-order valence-corrected chi connectivity index (χ3v) is 3.48. The standard InChI is InChI=1S/C15H12ClF4N/c16-13-6-5-10(17)7-9(13)8-14(21)11-3-1-2-4-12(11)15(18,19)20/h1-7,14H,8,21H2. The molecule has 0 saturated carbocycles. The molecule has 1 unspecified atom stereocenters. The summed E-state index contributed by atoms with van der Waals surface area (Å²) in [7, 11) is 0. The fraction of sp³-hybridized carbons (Fsp3) is 0.200. The van der Waals surface area contributed by atoms with Crippen LogP contribution in [0.15, 0.2) is 42.5 Å². The molecule has 0 aromatic heterocycles. The van der Waals surface area contributed by atoms with Crippen molar-refractivity contribution in [3.8, 4) is 0 Å². The summed E-state index contributed by atoms with van der Waals surface area (Å²) in [5.41, 5.74) is 5.41. The lowest BCUT2D eigenvalue weighted by Crippen LogP contribution is -2.19. The minimum atomic E-state index is -4.49. The molecule has 21 heavy (non-hydrogen) atoms. The number of alkyl halides is 3. The second kappa shape index (κ2) is 6.03. The van der Waals surface area contributed by atoms with E-state index in [0.717, 1.165) is 6.07 Å². The van der Waals surface area contributed by atoms with Crippen molar-refractivity contribution in [2.45, 2.75) is 18.6 Å². The first-order chi connectivity index (χ1) is 9.79. The Morgan fingerprint density at radius 1 is 1.10 bits per heavy atom. The van der Waals surface area contributed by atoms with E-state index in [2.05, 4.69) is 0 Å². The van der Waals surface area contributed by atoms with E-state index in [1.54, 1.807) is 0 Å². The van der Waals surface area contributed by atoms with Gasteiger partial charge in [-0.1, -0.05) is 29.8 Å². The highest BCUT2D eigenvalue weighted by Crippen LogP contribution is 2.35. The second-order valence-corrected chi connectivity index (χ2v) is 5.04. The van der Waals surface area contributed by atoms with Crippen LogP contribution in [-0.2, 0) is 12.6 Å². The van der Waals surface area contributed by atoms with Crippen LogP contribution in [0.5, 0.6) is 0 Å². The van der Waals surface area contributed by atoms with Gasteiger partial charge in [0.2, 0.25) is 0 Å². The Kier molecular flexibility index (Phi) is 4.54. The summed E-state index contributed by atoms with van der Waals surface area (Å²) >= 11 is 5.91. The Balaban J connectivity index is 2.33. The lowest BCUT2D eigenvalue weighted by molar-refractivity contribution is -0.138. The first kappa shape index (κ1) is 15.8. The van der Waals surface area contributed by atoms with Crippen molar-refractivity contribution in [1.29, 1.82) is 0 Å². The molecule has 0 saturated heterocycles. The van der Waals surface area contributed by atoms with Crippen molar-refractivity contribution in [2.24, 2.45) is 5.73 Å². The zero-order chi connectivity index (χ0) is 15.6. The van der Waals surface area contributed by atoms with Crippen molar-refractivity contribution >= 4 is 11.6 Å². The third-order valence-electron chi connectivity index (χ3n) is 3.11. The van der Waals surface area contributed by atoms with Gasteiger partial charge < -0.3 is 5.73 Å². The largest absolute Gasteiger partial charge is 0.416 e. The highest BCUT2D eigenvalue weighted by atomic mass is 35.5. The van der Waals surface area contributed by atoms with Crippen molar-refractivity contribution in [3.05, 3.63) is 70.0 Å². The molecule has 0 spiro atoms. The fourth-order valence-electron chi connectivity index (χ4n) is 2.13. The SMILES string of the molecule is NC(Cc1cc(F)ccc1Cl)c1ccccc1C(F)(F)F.